The maximum absolute atomic E-state index is 12.4. The van der Waals surface area contributed by atoms with Gasteiger partial charge in [0.05, 0.1) is 27.9 Å². The Morgan fingerprint density at radius 1 is 1.14 bits per heavy atom. The zero-order valence-electron chi connectivity index (χ0n) is 11.7. The van der Waals surface area contributed by atoms with Crippen LogP contribution in [-0.4, -0.2) is 30.2 Å². The molecule has 0 saturated heterocycles. The van der Waals surface area contributed by atoms with Crippen LogP contribution in [0.5, 0.6) is 0 Å². The van der Waals surface area contributed by atoms with Crippen molar-refractivity contribution in [2.45, 2.75) is 4.90 Å². The predicted molar refractivity (Wildman–Crippen MR) is 82.7 cm³/mol. The van der Waals surface area contributed by atoms with Crippen LogP contribution in [-0.2, 0) is 9.84 Å². The summed E-state index contributed by atoms with van der Waals surface area (Å²) in [4.78, 5) is 12.5. The number of rotatable bonds is 3. The van der Waals surface area contributed by atoms with Crippen LogP contribution in [0.2, 0.25) is 0 Å². The highest BCUT2D eigenvalue weighted by Crippen LogP contribution is 2.22. The molecule has 0 saturated carbocycles. The smallest absolute Gasteiger partial charge is 0.259 e. The van der Waals surface area contributed by atoms with Crippen LogP contribution < -0.4 is 5.32 Å². The number of carbonyl (C=O) groups is 1. The van der Waals surface area contributed by atoms with E-state index >= 15 is 0 Å². The third-order valence-corrected chi connectivity index (χ3v) is 4.36. The van der Waals surface area contributed by atoms with E-state index in [-0.39, 0.29) is 10.6 Å². The zero-order chi connectivity index (χ0) is 15.7. The van der Waals surface area contributed by atoms with E-state index in [1.807, 2.05) is 0 Å². The summed E-state index contributed by atoms with van der Waals surface area (Å²) in [7, 11) is -3.43. The van der Waals surface area contributed by atoms with E-state index in [9.17, 15) is 13.2 Å². The molecule has 1 amide bonds. The highest BCUT2D eigenvalue weighted by Gasteiger charge is 2.17. The third kappa shape index (κ3) is 2.58. The van der Waals surface area contributed by atoms with E-state index in [2.05, 4.69) is 10.4 Å². The van der Waals surface area contributed by atoms with Crippen LogP contribution in [0.25, 0.3) is 5.52 Å². The largest absolute Gasteiger partial charge is 0.321 e. The molecule has 22 heavy (non-hydrogen) atoms. The van der Waals surface area contributed by atoms with Crippen LogP contribution in [0.4, 0.5) is 5.69 Å². The molecule has 0 aliphatic carbocycles. The standard InChI is InChI=1S/C15H13N3O3S/c1-22(20,21)14-8-3-2-6-12(14)17-15(19)11-10-16-18-9-5-4-7-13(11)18/h2-10H,1H3,(H,17,19). The normalized spacial score (nSPS) is 11.5. The molecule has 7 heteroatoms. The van der Waals surface area contributed by atoms with E-state index < -0.39 is 15.7 Å². The number of anilines is 1. The van der Waals surface area contributed by atoms with Gasteiger partial charge in [-0.25, -0.2) is 12.9 Å². The number of amides is 1. The molecular formula is C15H13N3O3S. The van der Waals surface area contributed by atoms with Crippen LogP contribution in [0.1, 0.15) is 10.4 Å². The van der Waals surface area contributed by atoms with E-state index in [0.717, 1.165) is 6.26 Å². The van der Waals surface area contributed by atoms with Gasteiger partial charge in [-0.2, -0.15) is 5.10 Å². The minimum Gasteiger partial charge on any atom is -0.321 e. The Morgan fingerprint density at radius 2 is 1.86 bits per heavy atom. The molecule has 112 valence electrons. The number of para-hydroxylation sites is 1. The van der Waals surface area contributed by atoms with Gasteiger partial charge >= 0.3 is 0 Å². The van der Waals surface area contributed by atoms with Crippen molar-refractivity contribution in [3.8, 4) is 0 Å². The number of carbonyl (C=O) groups excluding carboxylic acids is 1. The summed E-state index contributed by atoms with van der Waals surface area (Å²) in [6.07, 6.45) is 4.29. The number of fused-ring (bicyclic) bond motifs is 1. The minimum atomic E-state index is -3.43. The van der Waals surface area contributed by atoms with Crippen molar-refractivity contribution < 1.29 is 13.2 Å². The summed E-state index contributed by atoms with van der Waals surface area (Å²) < 4.78 is 25.1. The van der Waals surface area contributed by atoms with Crippen molar-refractivity contribution in [2.24, 2.45) is 0 Å². The molecule has 0 aliphatic rings. The number of hydrogen-bond acceptors (Lipinski definition) is 4. The van der Waals surface area contributed by atoms with Crippen LogP contribution in [0.15, 0.2) is 59.8 Å². The summed E-state index contributed by atoms with van der Waals surface area (Å²) in [6, 6.07) is 11.7. The lowest BCUT2D eigenvalue weighted by molar-refractivity contribution is 0.102. The van der Waals surface area contributed by atoms with Gasteiger partial charge in [-0.05, 0) is 24.3 Å². The highest BCUT2D eigenvalue weighted by atomic mass is 32.2. The zero-order valence-corrected chi connectivity index (χ0v) is 12.5. The molecule has 3 rings (SSSR count). The summed E-state index contributed by atoms with van der Waals surface area (Å²) in [5.41, 5.74) is 1.28. The molecule has 0 bridgehead atoms. The molecule has 2 heterocycles. The van der Waals surface area contributed by atoms with E-state index in [1.54, 1.807) is 47.1 Å². The summed E-state index contributed by atoms with van der Waals surface area (Å²) in [6.45, 7) is 0. The maximum Gasteiger partial charge on any atom is 0.259 e. The molecule has 0 spiro atoms. The van der Waals surface area contributed by atoms with Gasteiger partial charge in [0.15, 0.2) is 9.84 Å². The second kappa shape index (κ2) is 5.27. The quantitative estimate of drug-likeness (QED) is 0.801. The number of nitrogens with zero attached hydrogens (tertiary/aromatic N) is 2. The fourth-order valence-corrected chi connectivity index (χ4v) is 3.04. The fourth-order valence-electron chi connectivity index (χ4n) is 2.19. The van der Waals surface area contributed by atoms with Crippen molar-refractivity contribution in [1.82, 2.24) is 9.61 Å². The lowest BCUT2D eigenvalue weighted by Crippen LogP contribution is -2.14. The lowest BCUT2D eigenvalue weighted by atomic mass is 10.2. The summed E-state index contributed by atoms with van der Waals surface area (Å²) in [5.74, 6) is -0.405. The first kappa shape index (κ1) is 14.3. The first-order chi connectivity index (χ1) is 10.5. The number of benzene rings is 1. The van der Waals surface area contributed by atoms with Crippen molar-refractivity contribution in [2.75, 3.05) is 11.6 Å². The maximum atomic E-state index is 12.4. The van der Waals surface area contributed by atoms with E-state index in [1.165, 1.54) is 12.3 Å². The van der Waals surface area contributed by atoms with Crippen molar-refractivity contribution >= 4 is 26.9 Å². The molecule has 0 fully saturated rings. The fraction of sp³-hybridized carbons (Fsp3) is 0.0667. The first-order valence-corrected chi connectivity index (χ1v) is 8.39. The van der Waals surface area contributed by atoms with Crippen molar-refractivity contribution in [1.29, 1.82) is 0 Å². The lowest BCUT2D eigenvalue weighted by Gasteiger charge is -2.09. The second-order valence-corrected chi connectivity index (χ2v) is 6.80. The Balaban J connectivity index is 1.99. The molecule has 2 aromatic heterocycles. The van der Waals surface area contributed by atoms with Gasteiger partial charge < -0.3 is 5.32 Å². The summed E-state index contributed by atoms with van der Waals surface area (Å²) in [5, 5.41) is 6.73. The van der Waals surface area contributed by atoms with Gasteiger partial charge in [-0.3, -0.25) is 4.79 Å². The predicted octanol–water partition coefficient (Wildman–Crippen LogP) is 1.99. The Morgan fingerprint density at radius 3 is 2.64 bits per heavy atom. The molecule has 3 aromatic rings. The molecule has 0 unspecified atom stereocenters. The van der Waals surface area contributed by atoms with Gasteiger partial charge in [-0.15, -0.1) is 0 Å². The number of nitrogens with one attached hydrogen (secondary N) is 1. The summed E-state index contributed by atoms with van der Waals surface area (Å²) >= 11 is 0. The third-order valence-electron chi connectivity index (χ3n) is 3.21. The molecule has 0 atom stereocenters. The molecular weight excluding hydrogens is 302 g/mol. The van der Waals surface area contributed by atoms with Crippen molar-refractivity contribution in [3.63, 3.8) is 0 Å². The minimum absolute atomic E-state index is 0.0832. The van der Waals surface area contributed by atoms with E-state index in [4.69, 9.17) is 0 Å². The number of pyridine rings is 1. The molecule has 1 aromatic carbocycles. The number of aromatic nitrogens is 2. The Kier molecular flexibility index (Phi) is 3.42. The van der Waals surface area contributed by atoms with Gasteiger partial charge in [0, 0.05) is 12.5 Å². The van der Waals surface area contributed by atoms with Gasteiger partial charge in [0.25, 0.3) is 5.91 Å². The molecule has 6 nitrogen and oxygen atoms in total. The van der Waals surface area contributed by atoms with Gasteiger partial charge in [-0.1, -0.05) is 18.2 Å². The van der Waals surface area contributed by atoms with Gasteiger partial charge in [0.1, 0.15) is 0 Å². The van der Waals surface area contributed by atoms with Crippen LogP contribution >= 0.6 is 0 Å². The molecule has 1 N–H and O–H groups in total. The van der Waals surface area contributed by atoms with Gasteiger partial charge in [0.2, 0.25) is 0 Å². The molecule has 0 radical (unpaired) electrons. The Labute approximate surface area is 127 Å². The van der Waals surface area contributed by atoms with E-state index in [0.29, 0.717) is 11.1 Å². The average Bonchev–Trinajstić information content (AvgIpc) is 2.90. The monoisotopic (exact) mass is 315 g/mol. The first-order valence-electron chi connectivity index (χ1n) is 6.49. The highest BCUT2D eigenvalue weighted by molar-refractivity contribution is 7.90. The number of hydrogen-bond donors (Lipinski definition) is 1. The van der Waals surface area contributed by atoms with Crippen LogP contribution in [0.3, 0.4) is 0 Å². The molecule has 0 aliphatic heterocycles. The average molecular weight is 315 g/mol. The van der Waals surface area contributed by atoms with Crippen molar-refractivity contribution in [3.05, 3.63) is 60.4 Å². The topological polar surface area (TPSA) is 80.5 Å². The number of sulfone groups is 1. The van der Waals surface area contributed by atoms with Crippen LogP contribution in [0, 0.1) is 0 Å². The Bertz CT molecular complexity index is 961. The second-order valence-electron chi connectivity index (χ2n) is 4.81. The Hall–Kier alpha value is -2.67. The SMILES string of the molecule is CS(=O)(=O)c1ccccc1NC(=O)c1cnn2ccccc12.